The number of hydrogen-bond acceptors (Lipinski definition) is 6. The van der Waals surface area contributed by atoms with Crippen LogP contribution in [0, 0.1) is 11.3 Å². The van der Waals surface area contributed by atoms with E-state index in [1.807, 2.05) is 18.2 Å². The highest BCUT2D eigenvalue weighted by atomic mass is 35.5. The van der Waals surface area contributed by atoms with Gasteiger partial charge in [-0.2, -0.15) is 5.26 Å². The van der Waals surface area contributed by atoms with Crippen molar-refractivity contribution in [2.24, 2.45) is 0 Å². The second-order valence-corrected chi connectivity index (χ2v) is 7.39. The van der Waals surface area contributed by atoms with Crippen LogP contribution in [-0.2, 0) is 9.53 Å². The highest BCUT2D eigenvalue weighted by Crippen LogP contribution is 2.30. The number of carbonyl (C=O) groups excluding carboxylic acids is 2. The molecule has 0 aliphatic heterocycles. The van der Waals surface area contributed by atoms with Gasteiger partial charge in [-0.15, -0.1) is 0 Å². The van der Waals surface area contributed by atoms with Crippen molar-refractivity contribution in [1.29, 1.82) is 5.26 Å². The molecule has 1 aromatic heterocycles. The number of anilines is 1. The van der Waals surface area contributed by atoms with Crippen LogP contribution in [0.4, 0.5) is 5.69 Å². The largest absolute Gasteiger partial charge is 0.465 e. The smallest absolute Gasteiger partial charge is 0.339 e. The van der Waals surface area contributed by atoms with Gasteiger partial charge in [0, 0.05) is 10.6 Å². The number of carbonyl (C=O) groups is 2. The summed E-state index contributed by atoms with van der Waals surface area (Å²) >= 11 is 5.96. The van der Waals surface area contributed by atoms with Crippen LogP contribution in [0.15, 0.2) is 76.8 Å². The molecule has 0 radical (unpaired) electrons. The van der Waals surface area contributed by atoms with E-state index in [1.54, 1.807) is 48.5 Å². The maximum absolute atomic E-state index is 12.7. The second-order valence-electron chi connectivity index (χ2n) is 6.96. The summed E-state index contributed by atoms with van der Waals surface area (Å²) in [6.45, 7) is 0. The first kappa shape index (κ1) is 21.8. The normalized spacial score (nSPS) is 11.1. The molecule has 0 bridgehead atoms. The fourth-order valence-electron chi connectivity index (χ4n) is 3.24. The predicted octanol–water partition coefficient (Wildman–Crippen LogP) is 5.48. The van der Waals surface area contributed by atoms with Gasteiger partial charge in [-0.05, 0) is 60.2 Å². The maximum Gasteiger partial charge on any atom is 0.339 e. The maximum atomic E-state index is 12.7. The zero-order chi connectivity index (χ0) is 23.4. The molecular weight excluding hydrogens is 442 g/mol. The molecule has 0 spiro atoms. The number of nitriles is 1. The zero-order valence-corrected chi connectivity index (χ0v) is 18.1. The number of methoxy groups -OCH3 is 1. The van der Waals surface area contributed by atoms with Crippen molar-refractivity contribution in [3.8, 4) is 17.4 Å². The lowest BCUT2D eigenvalue weighted by atomic mass is 10.0. The Balaban J connectivity index is 1.66. The molecule has 7 nitrogen and oxygen atoms in total. The summed E-state index contributed by atoms with van der Waals surface area (Å²) in [7, 11) is 1.25. The standard InChI is InChI=1S/C25H16ClN3O4/c1-32-25(31)19-4-2-3-5-21(19)28-24(30)17(14-27)12-15-6-11-22-20(13-15)23(33-29-22)16-7-9-18(26)10-8-16/h2-13H,1H3,(H,28,30). The van der Waals surface area contributed by atoms with Gasteiger partial charge >= 0.3 is 5.97 Å². The number of para-hydroxylation sites is 1. The van der Waals surface area contributed by atoms with Crippen molar-refractivity contribution in [3.63, 3.8) is 0 Å². The average Bonchev–Trinajstić information content (AvgIpc) is 3.26. The molecule has 0 saturated carbocycles. The summed E-state index contributed by atoms with van der Waals surface area (Å²) in [5.74, 6) is -0.704. The van der Waals surface area contributed by atoms with Crippen LogP contribution in [-0.4, -0.2) is 24.1 Å². The number of fused-ring (bicyclic) bond motifs is 1. The molecule has 0 atom stereocenters. The number of amides is 1. The topological polar surface area (TPSA) is 105 Å². The van der Waals surface area contributed by atoms with E-state index in [2.05, 4.69) is 10.5 Å². The van der Waals surface area contributed by atoms with E-state index in [4.69, 9.17) is 20.9 Å². The Labute approximate surface area is 193 Å². The van der Waals surface area contributed by atoms with Crippen molar-refractivity contribution in [3.05, 3.63) is 88.5 Å². The Hall–Kier alpha value is -4.41. The Bertz CT molecular complexity index is 1430. The van der Waals surface area contributed by atoms with Crippen LogP contribution in [0.25, 0.3) is 28.3 Å². The van der Waals surface area contributed by atoms with E-state index >= 15 is 0 Å². The van der Waals surface area contributed by atoms with E-state index in [0.717, 1.165) is 10.9 Å². The molecule has 0 saturated heterocycles. The third-order valence-corrected chi connectivity index (χ3v) is 5.12. The summed E-state index contributed by atoms with van der Waals surface area (Å²) in [4.78, 5) is 24.7. The van der Waals surface area contributed by atoms with Gasteiger partial charge < -0.3 is 14.6 Å². The Morgan fingerprint density at radius 1 is 1.12 bits per heavy atom. The number of esters is 1. The summed E-state index contributed by atoms with van der Waals surface area (Å²) in [6.07, 6.45) is 1.45. The minimum atomic E-state index is -0.655. The lowest BCUT2D eigenvalue weighted by Crippen LogP contribution is -2.16. The van der Waals surface area contributed by atoms with Gasteiger partial charge in [-0.25, -0.2) is 4.79 Å². The Kier molecular flexibility index (Phi) is 6.20. The number of nitrogens with one attached hydrogen (secondary N) is 1. The summed E-state index contributed by atoms with van der Waals surface area (Å²) in [5, 5.41) is 17.6. The Morgan fingerprint density at radius 3 is 2.61 bits per heavy atom. The first-order valence-corrected chi connectivity index (χ1v) is 10.1. The van der Waals surface area contributed by atoms with Crippen molar-refractivity contribution >= 4 is 46.1 Å². The molecule has 0 aliphatic rings. The van der Waals surface area contributed by atoms with Gasteiger partial charge in [0.2, 0.25) is 0 Å². The number of aromatic nitrogens is 1. The first-order chi connectivity index (χ1) is 16.0. The van der Waals surface area contributed by atoms with Crippen LogP contribution in [0.2, 0.25) is 5.02 Å². The molecule has 1 amide bonds. The minimum Gasteiger partial charge on any atom is -0.465 e. The molecule has 0 aliphatic carbocycles. The van der Waals surface area contributed by atoms with Crippen LogP contribution in [0.1, 0.15) is 15.9 Å². The Morgan fingerprint density at radius 2 is 1.88 bits per heavy atom. The predicted molar refractivity (Wildman–Crippen MR) is 124 cm³/mol. The molecule has 8 heteroatoms. The molecule has 162 valence electrons. The molecule has 1 N–H and O–H groups in total. The lowest BCUT2D eigenvalue weighted by molar-refractivity contribution is -0.112. The lowest BCUT2D eigenvalue weighted by Gasteiger charge is -2.09. The molecule has 0 unspecified atom stereocenters. The van der Waals surface area contributed by atoms with Crippen LogP contribution in [0.5, 0.6) is 0 Å². The van der Waals surface area contributed by atoms with Crippen molar-refractivity contribution in [2.75, 3.05) is 12.4 Å². The van der Waals surface area contributed by atoms with Crippen molar-refractivity contribution in [2.45, 2.75) is 0 Å². The molecule has 4 rings (SSSR count). The molecule has 4 aromatic rings. The van der Waals surface area contributed by atoms with E-state index in [0.29, 0.717) is 21.9 Å². The van der Waals surface area contributed by atoms with Crippen molar-refractivity contribution < 1.29 is 18.8 Å². The van der Waals surface area contributed by atoms with Gasteiger partial charge in [0.15, 0.2) is 5.76 Å². The van der Waals surface area contributed by atoms with Crippen LogP contribution < -0.4 is 5.32 Å². The third kappa shape index (κ3) is 4.61. The molecule has 33 heavy (non-hydrogen) atoms. The van der Waals surface area contributed by atoms with E-state index in [1.165, 1.54) is 19.3 Å². The minimum absolute atomic E-state index is 0.140. The number of ether oxygens (including phenoxy) is 1. The van der Waals surface area contributed by atoms with Crippen LogP contribution in [0.3, 0.4) is 0 Å². The van der Waals surface area contributed by atoms with Gasteiger partial charge in [0.1, 0.15) is 17.2 Å². The highest BCUT2D eigenvalue weighted by Gasteiger charge is 2.16. The second kappa shape index (κ2) is 9.39. The van der Waals surface area contributed by atoms with Gasteiger partial charge in [-0.3, -0.25) is 4.79 Å². The van der Waals surface area contributed by atoms with Crippen molar-refractivity contribution in [1.82, 2.24) is 5.16 Å². The molecule has 0 fully saturated rings. The first-order valence-electron chi connectivity index (χ1n) is 9.76. The highest BCUT2D eigenvalue weighted by molar-refractivity contribution is 6.30. The molecular formula is C25H16ClN3O4. The SMILES string of the molecule is COC(=O)c1ccccc1NC(=O)C(C#N)=Cc1ccc2noc(-c3ccc(Cl)cc3)c2c1. The summed E-state index contributed by atoms with van der Waals surface area (Å²) in [5.41, 5.74) is 2.32. The molecule has 3 aromatic carbocycles. The zero-order valence-electron chi connectivity index (χ0n) is 17.3. The van der Waals surface area contributed by atoms with E-state index in [-0.39, 0.29) is 16.8 Å². The van der Waals surface area contributed by atoms with Crippen LogP contribution >= 0.6 is 11.6 Å². The van der Waals surface area contributed by atoms with E-state index < -0.39 is 11.9 Å². The van der Waals surface area contributed by atoms with Gasteiger partial charge in [0.25, 0.3) is 5.91 Å². The number of halogens is 1. The number of nitrogens with zero attached hydrogens (tertiary/aromatic N) is 2. The van der Waals surface area contributed by atoms with Gasteiger partial charge in [0.05, 0.1) is 23.7 Å². The number of hydrogen-bond donors (Lipinski definition) is 1. The fourth-order valence-corrected chi connectivity index (χ4v) is 3.37. The average molecular weight is 458 g/mol. The number of rotatable bonds is 5. The third-order valence-electron chi connectivity index (χ3n) is 4.86. The summed E-state index contributed by atoms with van der Waals surface area (Å²) in [6, 6.07) is 20.7. The quantitative estimate of drug-likeness (QED) is 0.241. The summed E-state index contributed by atoms with van der Waals surface area (Å²) < 4.78 is 10.2. The number of benzene rings is 3. The van der Waals surface area contributed by atoms with Gasteiger partial charge in [-0.1, -0.05) is 35.0 Å². The van der Waals surface area contributed by atoms with E-state index in [9.17, 15) is 14.9 Å². The molecule has 1 heterocycles. The monoisotopic (exact) mass is 457 g/mol. The fraction of sp³-hybridized carbons (Fsp3) is 0.0400.